The Labute approximate surface area is 115 Å². The van der Waals surface area contributed by atoms with Gasteiger partial charge in [-0.05, 0) is 36.1 Å². The fraction of sp³-hybridized carbons (Fsp3) is 0.571. The first kappa shape index (κ1) is 15.1. The number of benzene rings is 1. The number of hydrogen-bond acceptors (Lipinski definition) is 3. The molecule has 0 amide bonds. The van der Waals surface area contributed by atoms with E-state index in [4.69, 9.17) is 9.47 Å². The molecule has 0 saturated heterocycles. The molecule has 0 radical (unpaired) electrons. The molecule has 1 aliphatic carbocycles. The van der Waals surface area contributed by atoms with Gasteiger partial charge in [-0.3, -0.25) is 0 Å². The van der Waals surface area contributed by atoms with Gasteiger partial charge in [-0.15, -0.1) is 12.4 Å². The average Bonchev–Trinajstić information content (AvgIpc) is 2.66. The number of hydrogen-bond donors (Lipinski definition) is 1. The van der Waals surface area contributed by atoms with Crippen LogP contribution in [-0.4, -0.2) is 26.3 Å². The highest BCUT2D eigenvalue weighted by Gasteiger charge is 2.23. The molecule has 2 rings (SSSR count). The van der Waals surface area contributed by atoms with E-state index in [1.54, 1.807) is 14.2 Å². The second-order valence-corrected chi connectivity index (χ2v) is 4.90. The van der Waals surface area contributed by atoms with E-state index >= 15 is 0 Å². The van der Waals surface area contributed by atoms with Gasteiger partial charge in [0.15, 0.2) is 11.5 Å². The summed E-state index contributed by atoms with van der Waals surface area (Å²) in [5, 5.41) is 3.58. The Morgan fingerprint density at radius 3 is 1.83 bits per heavy atom. The summed E-state index contributed by atoms with van der Waals surface area (Å²) in [5.41, 5.74) is 2.75. The molecule has 1 aromatic carbocycles. The molecule has 0 fully saturated rings. The van der Waals surface area contributed by atoms with Crippen molar-refractivity contribution in [2.75, 3.05) is 14.2 Å². The van der Waals surface area contributed by atoms with Crippen molar-refractivity contribution in [3.63, 3.8) is 0 Å². The molecule has 0 heterocycles. The first-order valence-corrected chi connectivity index (χ1v) is 6.14. The third kappa shape index (κ3) is 3.09. The largest absolute Gasteiger partial charge is 0.493 e. The van der Waals surface area contributed by atoms with E-state index in [2.05, 4.69) is 31.3 Å². The van der Waals surface area contributed by atoms with E-state index in [1.807, 2.05) is 0 Å². The van der Waals surface area contributed by atoms with Crippen LogP contribution in [0.15, 0.2) is 12.1 Å². The molecule has 0 spiro atoms. The van der Waals surface area contributed by atoms with Gasteiger partial charge in [-0.25, -0.2) is 0 Å². The third-order valence-electron chi connectivity index (χ3n) is 3.21. The van der Waals surface area contributed by atoms with Gasteiger partial charge in [-0.1, -0.05) is 13.8 Å². The van der Waals surface area contributed by atoms with Crippen LogP contribution in [0.2, 0.25) is 0 Å². The maximum Gasteiger partial charge on any atom is 0.161 e. The molecular formula is C14H22ClNO2. The molecule has 102 valence electrons. The summed E-state index contributed by atoms with van der Waals surface area (Å²) in [6, 6.07) is 5.28. The number of nitrogens with one attached hydrogen (secondary N) is 1. The van der Waals surface area contributed by atoms with Gasteiger partial charge in [0.25, 0.3) is 0 Å². The Morgan fingerprint density at radius 1 is 1.06 bits per heavy atom. The lowest BCUT2D eigenvalue weighted by Crippen LogP contribution is -2.35. The van der Waals surface area contributed by atoms with Gasteiger partial charge in [-0.2, -0.15) is 0 Å². The van der Waals surface area contributed by atoms with Crippen LogP contribution in [-0.2, 0) is 12.8 Å². The minimum atomic E-state index is 0. The highest BCUT2D eigenvalue weighted by molar-refractivity contribution is 5.85. The van der Waals surface area contributed by atoms with Crippen molar-refractivity contribution in [1.29, 1.82) is 0 Å². The van der Waals surface area contributed by atoms with Crippen molar-refractivity contribution in [3.05, 3.63) is 23.3 Å². The van der Waals surface area contributed by atoms with E-state index in [0.717, 1.165) is 24.3 Å². The van der Waals surface area contributed by atoms with Gasteiger partial charge >= 0.3 is 0 Å². The van der Waals surface area contributed by atoms with Crippen LogP contribution < -0.4 is 14.8 Å². The standard InChI is InChI=1S/C14H21NO2.ClH/c1-9(2)15-12-5-10-7-13(16-3)14(17-4)8-11(10)6-12;/h7-9,12,15H,5-6H2,1-4H3;1H. The zero-order chi connectivity index (χ0) is 12.4. The molecule has 0 aromatic heterocycles. The second kappa shape index (κ2) is 6.30. The lowest BCUT2D eigenvalue weighted by atomic mass is 10.1. The van der Waals surface area contributed by atoms with Gasteiger partial charge in [0.05, 0.1) is 14.2 Å². The maximum atomic E-state index is 5.33. The van der Waals surface area contributed by atoms with Gasteiger partial charge in [0, 0.05) is 12.1 Å². The van der Waals surface area contributed by atoms with Gasteiger partial charge in [0.2, 0.25) is 0 Å². The predicted molar refractivity (Wildman–Crippen MR) is 76.3 cm³/mol. The molecule has 0 bridgehead atoms. The Morgan fingerprint density at radius 2 is 1.50 bits per heavy atom. The highest BCUT2D eigenvalue weighted by Crippen LogP contribution is 2.34. The molecule has 0 unspecified atom stereocenters. The number of ether oxygens (including phenoxy) is 2. The van der Waals surface area contributed by atoms with Crippen LogP contribution in [0, 0.1) is 0 Å². The fourth-order valence-electron chi connectivity index (χ4n) is 2.54. The SMILES string of the molecule is COc1cc2c(cc1OC)CC(NC(C)C)C2.Cl. The van der Waals surface area contributed by atoms with Crippen LogP contribution in [0.5, 0.6) is 11.5 Å². The lowest BCUT2D eigenvalue weighted by Gasteiger charge is -2.14. The molecule has 18 heavy (non-hydrogen) atoms. The summed E-state index contributed by atoms with van der Waals surface area (Å²) < 4.78 is 10.7. The van der Waals surface area contributed by atoms with Crippen LogP contribution in [0.1, 0.15) is 25.0 Å². The molecule has 4 heteroatoms. The quantitative estimate of drug-likeness (QED) is 0.913. The molecule has 1 aliphatic rings. The minimum absolute atomic E-state index is 0. The van der Waals surface area contributed by atoms with Gasteiger partial charge < -0.3 is 14.8 Å². The molecule has 1 N–H and O–H groups in total. The summed E-state index contributed by atoms with van der Waals surface area (Å²) in [5.74, 6) is 1.66. The van der Waals surface area contributed by atoms with Crippen molar-refractivity contribution in [2.24, 2.45) is 0 Å². The molecule has 0 atom stereocenters. The minimum Gasteiger partial charge on any atom is -0.493 e. The van der Waals surface area contributed by atoms with Gasteiger partial charge in [0.1, 0.15) is 0 Å². The van der Waals surface area contributed by atoms with E-state index in [9.17, 15) is 0 Å². The lowest BCUT2D eigenvalue weighted by molar-refractivity contribution is 0.354. The Bertz CT molecular complexity index is 374. The first-order valence-electron chi connectivity index (χ1n) is 6.14. The summed E-state index contributed by atoms with van der Waals surface area (Å²) in [6.45, 7) is 4.37. The van der Waals surface area contributed by atoms with Crippen LogP contribution in [0.4, 0.5) is 0 Å². The topological polar surface area (TPSA) is 30.5 Å². The second-order valence-electron chi connectivity index (χ2n) is 4.90. The molecular weight excluding hydrogens is 250 g/mol. The Kier molecular flexibility index (Phi) is 5.29. The number of methoxy groups -OCH3 is 2. The van der Waals surface area contributed by atoms with Crippen molar-refractivity contribution < 1.29 is 9.47 Å². The summed E-state index contributed by atoms with van der Waals surface area (Å²) in [7, 11) is 3.37. The zero-order valence-electron chi connectivity index (χ0n) is 11.4. The average molecular weight is 272 g/mol. The van der Waals surface area contributed by atoms with E-state index in [1.165, 1.54) is 11.1 Å². The van der Waals surface area contributed by atoms with Crippen molar-refractivity contribution in [1.82, 2.24) is 5.32 Å². The number of fused-ring (bicyclic) bond motifs is 1. The normalized spacial score (nSPS) is 14.3. The number of halogens is 1. The molecule has 3 nitrogen and oxygen atoms in total. The Balaban J connectivity index is 0.00000162. The highest BCUT2D eigenvalue weighted by atomic mass is 35.5. The third-order valence-corrected chi connectivity index (χ3v) is 3.21. The Hall–Kier alpha value is -0.930. The summed E-state index contributed by atoms with van der Waals surface area (Å²) >= 11 is 0. The molecule has 1 aromatic rings. The summed E-state index contributed by atoms with van der Waals surface area (Å²) in [6.07, 6.45) is 2.15. The maximum absolute atomic E-state index is 5.33. The first-order chi connectivity index (χ1) is 8.13. The molecule has 0 saturated carbocycles. The van der Waals surface area contributed by atoms with E-state index in [-0.39, 0.29) is 12.4 Å². The predicted octanol–water partition coefficient (Wildman–Crippen LogP) is 2.59. The molecule has 0 aliphatic heterocycles. The monoisotopic (exact) mass is 271 g/mol. The van der Waals surface area contributed by atoms with Crippen molar-refractivity contribution >= 4 is 12.4 Å². The van der Waals surface area contributed by atoms with Crippen LogP contribution in [0.25, 0.3) is 0 Å². The van der Waals surface area contributed by atoms with Crippen LogP contribution >= 0.6 is 12.4 Å². The smallest absolute Gasteiger partial charge is 0.161 e. The van der Waals surface area contributed by atoms with E-state index in [0.29, 0.717) is 12.1 Å². The van der Waals surface area contributed by atoms with Crippen LogP contribution in [0.3, 0.4) is 0 Å². The van der Waals surface area contributed by atoms with Crippen molar-refractivity contribution in [2.45, 2.75) is 38.8 Å². The van der Waals surface area contributed by atoms with Crippen molar-refractivity contribution in [3.8, 4) is 11.5 Å². The number of rotatable bonds is 4. The zero-order valence-corrected chi connectivity index (χ0v) is 12.3. The summed E-state index contributed by atoms with van der Waals surface area (Å²) in [4.78, 5) is 0. The van der Waals surface area contributed by atoms with E-state index < -0.39 is 0 Å². The fourth-order valence-corrected chi connectivity index (χ4v) is 2.54.